The average Bonchev–Trinajstić information content (AvgIpc) is 2.36. The minimum atomic E-state index is -4.56. The summed E-state index contributed by atoms with van der Waals surface area (Å²) in [6.45, 7) is 4.15. The Morgan fingerprint density at radius 1 is 1.18 bits per heavy atom. The normalized spacial score (nSPS) is 23.9. The molecule has 4 nitrogen and oxygen atoms in total. The van der Waals surface area contributed by atoms with Crippen molar-refractivity contribution >= 4 is 22.4 Å². The van der Waals surface area contributed by atoms with E-state index in [4.69, 9.17) is 0 Å². The second-order valence-corrected chi connectivity index (χ2v) is 7.25. The first-order valence-electron chi connectivity index (χ1n) is 6.54. The van der Waals surface area contributed by atoms with Crippen LogP contribution in [0.25, 0.3) is 0 Å². The van der Waals surface area contributed by atoms with Crippen molar-refractivity contribution in [3.63, 3.8) is 0 Å². The van der Waals surface area contributed by atoms with Crippen molar-refractivity contribution in [3.8, 4) is 0 Å². The maximum absolute atomic E-state index is 12.7. The molecular formula is C13H18ClF3N2O2S. The maximum atomic E-state index is 12.7. The van der Waals surface area contributed by atoms with Crippen LogP contribution in [0.4, 0.5) is 13.2 Å². The molecule has 2 unspecified atom stereocenters. The van der Waals surface area contributed by atoms with E-state index in [1.54, 1.807) is 0 Å². The highest BCUT2D eigenvalue weighted by molar-refractivity contribution is 7.89. The second kappa shape index (κ2) is 6.74. The van der Waals surface area contributed by atoms with E-state index in [-0.39, 0.29) is 42.5 Å². The molecule has 126 valence electrons. The number of sulfonamides is 1. The Hall–Kier alpha value is -0.830. The molecule has 0 radical (unpaired) electrons. The van der Waals surface area contributed by atoms with Crippen LogP contribution in [0.15, 0.2) is 29.2 Å². The summed E-state index contributed by atoms with van der Waals surface area (Å²) >= 11 is 0. The molecule has 0 aromatic heterocycles. The van der Waals surface area contributed by atoms with Gasteiger partial charge in [0.2, 0.25) is 10.0 Å². The summed E-state index contributed by atoms with van der Waals surface area (Å²) in [6, 6.07) is 3.77. The number of alkyl halides is 3. The fourth-order valence-electron chi connectivity index (χ4n) is 2.45. The van der Waals surface area contributed by atoms with Gasteiger partial charge < -0.3 is 5.32 Å². The first-order chi connectivity index (χ1) is 9.60. The molecule has 1 N–H and O–H groups in total. The zero-order chi connectivity index (χ0) is 15.8. The molecule has 1 fully saturated rings. The van der Waals surface area contributed by atoms with Crippen LogP contribution in [0.5, 0.6) is 0 Å². The third-order valence-corrected chi connectivity index (χ3v) is 5.15. The highest BCUT2D eigenvalue weighted by atomic mass is 35.5. The van der Waals surface area contributed by atoms with Gasteiger partial charge in [-0.1, -0.05) is 6.07 Å². The Bertz CT molecular complexity index is 612. The minimum Gasteiger partial charge on any atom is -0.309 e. The molecule has 1 aromatic carbocycles. The first-order valence-corrected chi connectivity index (χ1v) is 7.98. The molecule has 2 rings (SSSR count). The lowest BCUT2D eigenvalue weighted by atomic mass is 10.2. The highest BCUT2D eigenvalue weighted by Crippen LogP contribution is 2.31. The lowest BCUT2D eigenvalue weighted by Crippen LogP contribution is -2.55. The van der Waals surface area contributed by atoms with E-state index < -0.39 is 21.8 Å². The van der Waals surface area contributed by atoms with Crippen LogP contribution < -0.4 is 5.32 Å². The van der Waals surface area contributed by atoms with Crippen molar-refractivity contribution in [2.45, 2.75) is 37.0 Å². The molecule has 1 aliphatic heterocycles. The third-order valence-electron chi connectivity index (χ3n) is 3.32. The van der Waals surface area contributed by atoms with Crippen LogP contribution in [0.2, 0.25) is 0 Å². The highest BCUT2D eigenvalue weighted by Gasteiger charge is 2.34. The first kappa shape index (κ1) is 19.2. The number of nitrogens with one attached hydrogen (secondary N) is 1. The smallest absolute Gasteiger partial charge is 0.309 e. The molecule has 0 aliphatic carbocycles. The van der Waals surface area contributed by atoms with E-state index in [9.17, 15) is 21.6 Å². The number of halogens is 4. The van der Waals surface area contributed by atoms with Crippen molar-refractivity contribution in [1.29, 1.82) is 0 Å². The number of hydrogen-bond acceptors (Lipinski definition) is 3. The third kappa shape index (κ3) is 4.13. The van der Waals surface area contributed by atoms with Crippen molar-refractivity contribution < 1.29 is 21.6 Å². The number of rotatable bonds is 2. The van der Waals surface area contributed by atoms with Crippen LogP contribution in [-0.2, 0) is 16.2 Å². The molecule has 0 bridgehead atoms. The van der Waals surface area contributed by atoms with Gasteiger partial charge in [-0.25, -0.2) is 8.42 Å². The van der Waals surface area contributed by atoms with E-state index >= 15 is 0 Å². The van der Waals surface area contributed by atoms with Gasteiger partial charge in [0.05, 0.1) is 10.5 Å². The van der Waals surface area contributed by atoms with Gasteiger partial charge in [-0.05, 0) is 32.0 Å². The summed E-state index contributed by atoms with van der Waals surface area (Å²) < 4.78 is 64.3. The largest absolute Gasteiger partial charge is 0.416 e. The number of piperazine rings is 1. The molecule has 1 heterocycles. The zero-order valence-electron chi connectivity index (χ0n) is 12.1. The molecule has 1 aromatic rings. The molecule has 1 saturated heterocycles. The lowest BCUT2D eigenvalue weighted by molar-refractivity contribution is -0.137. The number of benzene rings is 1. The quantitative estimate of drug-likeness (QED) is 0.883. The predicted octanol–water partition coefficient (Wildman–Crippen LogP) is 2.50. The van der Waals surface area contributed by atoms with Crippen LogP contribution in [-0.4, -0.2) is 37.9 Å². The molecule has 22 heavy (non-hydrogen) atoms. The molecule has 0 amide bonds. The van der Waals surface area contributed by atoms with Crippen molar-refractivity contribution in [2.75, 3.05) is 13.1 Å². The van der Waals surface area contributed by atoms with E-state index in [2.05, 4.69) is 5.32 Å². The average molecular weight is 359 g/mol. The van der Waals surface area contributed by atoms with Gasteiger partial charge in [0.15, 0.2) is 0 Å². The summed E-state index contributed by atoms with van der Waals surface area (Å²) in [5, 5.41) is 3.18. The van der Waals surface area contributed by atoms with Crippen LogP contribution >= 0.6 is 12.4 Å². The van der Waals surface area contributed by atoms with E-state index in [0.29, 0.717) is 6.07 Å². The second-order valence-electron chi connectivity index (χ2n) is 5.32. The standard InChI is InChI=1S/C13H17F3N2O2S.ClH/c1-9-7-18(8-10(2)17-9)21(19,20)12-5-3-4-11(6-12)13(14,15)16;/h3-6,9-10,17H,7-8H2,1-2H3;1H. The maximum Gasteiger partial charge on any atom is 0.416 e. The van der Waals surface area contributed by atoms with Gasteiger partial charge in [-0.15, -0.1) is 12.4 Å². The van der Waals surface area contributed by atoms with E-state index in [1.165, 1.54) is 10.4 Å². The Balaban J connectivity index is 0.00000242. The van der Waals surface area contributed by atoms with Gasteiger partial charge in [0.1, 0.15) is 0 Å². The van der Waals surface area contributed by atoms with E-state index in [1.807, 2.05) is 13.8 Å². The molecule has 0 saturated carbocycles. The summed E-state index contributed by atoms with van der Waals surface area (Å²) in [6.07, 6.45) is -4.56. The van der Waals surface area contributed by atoms with Crippen molar-refractivity contribution in [2.24, 2.45) is 0 Å². The fraction of sp³-hybridized carbons (Fsp3) is 0.538. The Morgan fingerprint density at radius 2 is 1.73 bits per heavy atom. The van der Waals surface area contributed by atoms with Gasteiger partial charge in [-0.2, -0.15) is 17.5 Å². The van der Waals surface area contributed by atoms with Gasteiger partial charge in [0.25, 0.3) is 0 Å². The van der Waals surface area contributed by atoms with Crippen molar-refractivity contribution in [3.05, 3.63) is 29.8 Å². The molecule has 9 heteroatoms. The van der Waals surface area contributed by atoms with Crippen LogP contribution in [0, 0.1) is 0 Å². The lowest BCUT2D eigenvalue weighted by Gasteiger charge is -2.35. The van der Waals surface area contributed by atoms with Gasteiger partial charge in [-0.3, -0.25) is 0 Å². The molecule has 2 atom stereocenters. The summed E-state index contributed by atoms with van der Waals surface area (Å²) in [5.74, 6) is 0. The Labute approximate surface area is 134 Å². The minimum absolute atomic E-state index is 0. The van der Waals surface area contributed by atoms with Crippen LogP contribution in [0.3, 0.4) is 0 Å². The summed E-state index contributed by atoms with van der Waals surface area (Å²) in [4.78, 5) is -0.321. The monoisotopic (exact) mass is 358 g/mol. The topological polar surface area (TPSA) is 49.4 Å². The molecular weight excluding hydrogens is 341 g/mol. The number of hydrogen-bond donors (Lipinski definition) is 1. The summed E-state index contributed by atoms with van der Waals surface area (Å²) in [7, 11) is -3.92. The number of nitrogens with zero attached hydrogens (tertiary/aromatic N) is 1. The predicted molar refractivity (Wildman–Crippen MR) is 79.5 cm³/mol. The van der Waals surface area contributed by atoms with Crippen molar-refractivity contribution in [1.82, 2.24) is 9.62 Å². The summed E-state index contributed by atoms with van der Waals surface area (Å²) in [5.41, 5.74) is -0.959. The molecule has 0 spiro atoms. The van der Waals surface area contributed by atoms with Gasteiger partial charge >= 0.3 is 6.18 Å². The Morgan fingerprint density at radius 3 is 2.23 bits per heavy atom. The van der Waals surface area contributed by atoms with E-state index in [0.717, 1.165) is 12.1 Å². The van der Waals surface area contributed by atoms with Gasteiger partial charge in [0, 0.05) is 25.2 Å². The van der Waals surface area contributed by atoms with Crippen LogP contribution in [0.1, 0.15) is 19.4 Å². The molecule has 1 aliphatic rings. The fourth-order valence-corrected chi connectivity index (χ4v) is 4.12. The SMILES string of the molecule is CC1CN(S(=O)(=O)c2cccc(C(F)(F)F)c2)CC(C)N1.Cl. The zero-order valence-corrected chi connectivity index (χ0v) is 13.7. The Kier molecular flexibility index (Phi) is 5.88.